The molecular formula is C8H11NO. The van der Waals surface area contributed by atoms with Crippen molar-refractivity contribution in [3.8, 4) is 6.07 Å². The summed E-state index contributed by atoms with van der Waals surface area (Å²) >= 11 is 0. The van der Waals surface area contributed by atoms with E-state index in [1.165, 1.54) is 6.08 Å². The molecule has 54 valence electrons. The van der Waals surface area contributed by atoms with Crippen molar-refractivity contribution in [2.45, 2.75) is 13.0 Å². The molecule has 0 aromatic rings. The molecule has 10 heavy (non-hydrogen) atoms. The van der Waals surface area contributed by atoms with E-state index in [2.05, 4.69) is 0 Å². The molecule has 0 aromatic carbocycles. The number of hydrogen-bond acceptors (Lipinski definition) is 2. The molecule has 0 aliphatic carbocycles. The Morgan fingerprint density at radius 3 is 2.70 bits per heavy atom. The second-order valence-electron chi connectivity index (χ2n) is 1.81. The molecule has 0 radical (unpaired) electrons. The minimum Gasteiger partial charge on any atom is -0.378 e. The summed E-state index contributed by atoms with van der Waals surface area (Å²) in [5, 5.41) is 8.09. The third kappa shape index (κ3) is 5.07. The van der Waals surface area contributed by atoms with Gasteiger partial charge < -0.3 is 4.74 Å². The molecule has 0 rings (SSSR count). The van der Waals surface area contributed by atoms with Crippen molar-refractivity contribution >= 4 is 0 Å². The summed E-state index contributed by atoms with van der Waals surface area (Å²) in [6, 6.07) is 1.89. The SMILES string of the molecule is CO[C@@H](C)/C=C\C=C\C#N. The maximum Gasteiger partial charge on any atom is 0.0912 e. The largest absolute Gasteiger partial charge is 0.378 e. The maximum absolute atomic E-state index is 8.09. The van der Waals surface area contributed by atoms with Crippen LogP contribution in [0.4, 0.5) is 0 Å². The molecule has 0 heterocycles. The van der Waals surface area contributed by atoms with Crippen molar-refractivity contribution in [1.82, 2.24) is 0 Å². The highest BCUT2D eigenvalue weighted by molar-refractivity contribution is 5.12. The van der Waals surface area contributed by atoms with Gasteiger partial charge in [-0.1, -0.05) is 18.2 Å². The number of nitriles is 1. The number of rotatable bonds is 3. The molecule has 0 saturated heterocycles. The second-order valence-corrected chi connectivity index (χ2v) is 1.81. The van der Waals surface area contributed by atoms with Crippen LogP contribution in [0.1, 0.15) is 6.92 Å². The van der Waals surface area contributed by atoms with Crippen LogP contribution in [-0.2, 0) is 4.74 Å². The van der Waals surface area contributed by atoms with E-state index in [9.17, 15) is 0 Å². The van der Waals surface area contributed by atoms with Crippen LogP contribution < -0.4 is 0 Å². The molecule has 0 bridgehead atoms. The fraction of sp³-hybridized carbons (Fsp3) is 0.375. The molecule has 0 N–H and O–H groups in total. The first-order chi connectivity index (χ1) is 4.81. The lowest BCUT2D eigenvalue weighted by atomic mass is 10.3. The summed E-state index contributed by atoms with van der Waals surface area (Å²) in [5.41, 5.74) is 0. The number of ether oxygens (including phenoxy) is 1. The average molecular weight is 137 g/mol. The van der Waals surface area contributed by atoms with E-state index in [-0.39, 0.29) is 6.10 Å². The first-order valence-corrected chi connectivity index (χ1v) is 3.07. The number of hydrogen-bond donors (Lipinski definition) is 0. The van der Waals surface area contributed by atoms with E-state index >= 15 is 0 Å². The summed E-state index contributed by atoms with van der Waals surface area (Å²) in [7, 11) is 1.64. The normalized spacial score (nSPS) is 14.1. The molecule has 2 nitrogen and oxygen atoms in total. The first kappa shape index (κ1) is 8.93. The lowest BCUT2D eigenvalue weighted by Crippen LogP contribution is -1.97. The zero-order valence-electron chi connectivity index (χ0n) is 6.24. The van der Waals surface area contributed by atoms with Gasteiger partial charge in [0.25, 0.3) is 0 Å². The minimum atomic E-state index is 0.114. The quantitative estimate of drug-likeness (QED) is 0.437. The fourth-order valence-corrected chi connectivity index (χ4v) is 0.398. The Morgan fingerprint density at radius 2 is 2.20 bits per heavy atom. The van der Waals surface area contributed by atoms with Crippen LogP contribution >= 0.6 is 0 Å². The molecule has 0 aromatic heterocycles. The maximum atomic E-state index is 8.09. The van der Waals surface area contributed by atoms with Crippen LogP contribution in [0.2, 0.25) is 0 Å². The topological polar surface area (TPSA) is 33.0 Å². The van der Waals surface area contributed by atoms with Crippen LogP contribution in [0.5, 0.6) is 0 Å². The smallest absolute Gasteiger partial charge is 0.0912 e. The molecule has 0 unspecified atom stereocenters. The predicted molar refractivity (Wildman–Crippen MR) is 40.4 cm³/mol. The van der Waals surface area contributed by atoms with Gasteiger partial charge in [-0.25, -0.2) is 0 Å². The summed E-state index contributed by atoms with van der Waals surface area (Å²) in [4.78, 5) is 0. The standard InChI is InChI=1S/C8H11NO/c1-8(10-2)6-4-3-5-7-9/h3-6,8H,1-2H3/b5-3+,6-4-/t8-/m0/s1. The van der Waals surface area contributed by atoms with Gasteiger partial charge in [0.2, 0.25) is 0 Å². The number of methoxy groups -OCH3 is 1. The molecular weight excluding hydrogens is 126 g/mol. The van der Waals surface area contributed by atoms with Gasteiger partial charge in [-0.3, -0.25) is 0 Å². The van der Waals surface area contributed by atoms with E-state index in [1.807, 2.05) is 19.1 Å². The Bertz CT molecular complexity index is 165. The van der Waals surface area contributed by atoms with Crippen LogP contribution in [0.25, 0.3) is 0 Å². The lowest BCUT2D eigenvalue weighted by Gasteiger charge is -1.98. The van der Waals surface area contributed by atoms with E-state index in [4.69, 9.17) is 10.00 Å². The number of nitrogens with zero attached hydrogens (tertiary/aromatic N) is 1. The summed E-state index contributed by atoms with van der Waals surface area (Å²) < 4.78 is 4.93. The Balaban J connectivity index is 3.57. The van der Waals surface area contributed by atoms with Gasteiger partial charge in [-0.15, -0.1) is 0 Å². The molecule has 0 aliphatic heterocycles. The van der Waals surface area contributed by atoms with Crippen LogP contribution in [-0.4, -0.2) is 13.2 Å². The zero-order valence-corrected chi connectivity index (χ0v) is 6.24. The van der Waals surface area contributed by atoms with Gasteiger partial charge in [0.1, 0.15) is 0 Å². The summed E-state index contributed by atoms with van der Waals surface area (Å²) in [5.74, 6) is 0. The third-order valence-electron chi connectivity index (χ3n) is 1.04. The average Bonchev–Trinajstić information content (AvgIpc) is 1.98. The van der Waals surface area contributed by atoms with Gasteiger partial charge in [0.05, 0.1) is 12.2 Å². The molecule has 0 aliphatic rings. The van der Waals surface area contributed by atoms with Gasteiger partial charge in [0.15, 0.2) is 0 Å². The monoisotopic (exact) mass is 137 g/mol. The number of allylic oxidation sites excluding steroid dienone is 3. The van der Waals surface area contributed by atoms with E-state index in [0.29, 0.717) is 0 Å². The predicted octanol–water partition coefficient (Wildman–Crippen LogP) is 1.66. The van der Waals surface area contributed by atoms with Crippen LogP contribution in [0.3, 0.4) is 0 Å². The van der Waals surface area contributed by atoms with E-state index in [1.54, 1.807) is 19.3 Å². The molecule has 0 spiro atoms. The van der Waals surface area contributed by atoms with Gasteiger partial charge in [-0.05, 0) is 6.92 Å². The highest BCUT2D eigenvalue weighted by Gasteiger charge is 1.86. The Hall–Kier alpha value is -1.07. The molecule has 2 heteroatoms. The summed E-state index contributed by atoms with van der Waals surface area (Å²) in [6.07, 6.45) is 6.86. The Labute approximate surface area is 61.4 Å². The van der Waals surface area contributed by atoms with Gasteiger partial charge >= 0.3 is 0 Å². The van der Waals surface area contributed by atoms with E-state index in [0.717, 1.165) is 0 Å². The Kier molecular flexibility index (Phi) is 5.41. The van der Waals surface area contributed by atoms with Gasteiger partial charge in [-0.2, -0.15) is 5.26 Å². The van der Waals surface area contributed by atoms with Crippen molar-refractivity contribution in [2.75, 3.05) is 7.11 Å². The first-order valence-electron chi connectivity index (χ1n) is 3.07. The third-order valence-corrected chi connectivity index (χ3v) is 1.04. The van der Waals surface area contributed by atoms with Crippen molar-refractivity contribution < 1.29 is 4.74 Å². The lowest BCUT2D eigenvalue weighted by molar-refractivity contribution is 0.156. The second kappa shape index (κ2) is 6.06. The highest BCUT2D eigenvalue weighted by Crippen LogP contribution is 1.89. The summed E-state index contributed by atoms with van der Waals surface area (Å²) in [6.45, 7) is 1.93. The van der Waals surface area contributed by atoms with Gasteiger partial charge in [0, 0.05) is 13.2 Å². The Morgan fingerprint density at radius 1 is 1.50 bits per heavy atom. The molecule has 0 fully saturated rings. The van der Waals surface area contributed by atoms with Crippen molar-refractivity contribution in [2.24, 2.45) is 0 Å². The van der Waals surface area contributed by atoms with Crippen molar-refractivity contribution in [3.05, 3.63) is 24.3 Å². The van der Waals surface area contributed by atoms with Crippen LogP contribution in [0, 0.1) is 11.3 Å². The van der Waals surface area contributed by atoms with Crippen LogP contribution in [0.15, 0.2) is 24.3 Å². The molecule has 0 saturated carbocycles. The fourth-order valence-electron chi connectivity index (χ4n) is 0.398. The van der Waals surface area contributed by atoms with Crippen molar-refractivity contribution in [1.29, 1.82) is 5.26 Å². The van der Waals surface area contributed by atoms with Crippen molar-refractivity contribution in [3.63, 3.8) is 0 Å². The minimum absolute atomic E-state index is 0.114. The van der Waals surface area contributed by atoms with E-state index < -0.39 is 0 Å². The molecule has 1 atom stereocenters. The molecule has 0 amide bonds. The highest BCUT2D eigenvalue weighted by atomic mass is 16.5. The zero-order chi connectivity index (χ0) is 7.82.